The molecule has 0 radical (unpaired) electrons. The lowest BCUT2D eigenvalue weighted by atomic mass is 10.1. The molecule has 1 amide bonds. The van der Waals surface area contributed by atoms with Crippen LogP contribution in [0.25, 0.3) is 0 Å². The van der Waals surface area contributed by atoms with Gasteiger partial charge in [0.1, 0.15) is 5.82 Å². The van der Waals surface area contributed by atoms with E-state index in [1.807, 2.05) is 37.3 Å². The van der Waals surface area contributed by atoms with Crippen molar-refractivity contribution >= 4 is 41.5 Å². The van der Waals surface area contributed by atoms with Crippen LogP contribution in [0, 0.1) is 12.7 Å². The van der Waals surface area contributed by atoms with Crippen LogP contribution >= 0.6 is 24.0 Å². The van der Waals surface area contributed by atoms with E-state index in [1.165, 1.54) is 18.6 Å². The fraction of sp³-hybridized carbons (Fsp3) is 0.333. The molecule has 0 aromatic heterocycles. The Labute approximate surface area is 183 Å². The zero-order valence-corrected chi connectivity index (χ0v) is 18.8. The summed E-state index contributed by atoms with van der Waals surface area (Å²) in [6, 6.07) is 12.7. The normalized spacial score (nSPS) is 10.8. The Bertz CT molecular complexity index is 793. The lowest BCUT2D eigenvalue weighted by Gasteiger charge is -2.13. The molecule has 3 N–H and O–H groups in total. The number of halogens is 2. The molecule has 0 heterocycles. The molecule has 0 aliphatic heterocycles. The Morgan fingerprint density at radius 2 is 1.68 bits per heavy atom. The molecule has 2 aromatic rings. The van der Waals surface area contributed by atoms with Gasteiger partial charge in [0.2, 0.25) is 5.91 Å². The minimum atomic E-state index is -0.202. The molecule has 0 spiro atoms. The maximum atomic E-state index is 13.1. The van der Waals surface area contributed by atoms with E-state index in [1.54, 1.807) is 13.1 Å². The van der Waals surface area contributed by atoms with E-state index in [4.69, 9.17) is 0 Å². The van der Waals surface area contributed by atoms with Crippen molar-refractivity contribution < 1.29 is 9.18 Å². The van der Waals surface area contributed by atoms with Gasteiger partial charge in [0.05, 0.1) is 0 Å². The van der Waals surface area contributed by atoms with Crippen molar-refractivity contribution in [2.75, 3.05) is 25.5 Å². The third-order valence-corrected chi connectivity index (χ3v) is 4.20. The minimum Gasteiger partial charge on any atom is -0.356 e. The summed E-state index contributed by atoms with van der Waals surface area (Å²) in [5.41, 5.74) is 4.06. The van der Waals surface area contributed by atoms with Crippen LogP contribution in [0.3, 0.4) is 0 Å². The maximum Gasteiger partial charge on any atom is 0.221 e. The van der Waals surface area contributed by atoms with Crippen molar-refractivity contribution in [2.24, 2.45) is 4.99 Å². The average molecular weight is 498 g/mol. The summed E-state index contributed by atoms with van der Waals surface area (Å²) in [6.07, 6.45) is 1.65. The van der Waals surface area contributed by atoms with Crippen molar-refractivity contribution in [3.8, 4) is 0 Å². The summed E-state index contributed by atoms with van der Waals surface area (Å²) in [5.74, 6) is 0.464. The molecule has 0 aliphatic carbocycles. The molecule has 7 heteroatoms. The van der Waals surface area contributed by atoms with Gasteiger partial charge in [-0.3, -0.25) is 9.79 Å². The summed E-state index contributed by atoms with van der Waals surface area (Å²) < 4.78 is 13.1. The lowest BCUT2D eigenvalue weighted by Crippen LogP contribution is -2.39. The number of aliphatic imine (C=N–C) groups is 1. The van der Waals surface area contributed by atoms with E-state index in [0.29, 0.717) is 0 Å². The highest BCUT2D eigenvalue weighted by atomic mass is 127. The van der Waals surface area contributed by atoms with Crippen LogP contribution in [-0.4, -0.2) is 32.0 Å². The second-order valence-electron chi connectivity index (χ2n) is 6.37. The SMILES string of the molecule is CN=C(NCCc1ccc(NC(C)=O)cc1)NCCc1ccc(F)cc1C.I. The molecule has 0 fully saturated rings. The number of nitrogens with one attached hydrogen (secondary N) is 3. The third kappa shape index (κ3) is 8.24. The van der Waals surface area contributed by atoms with Crippen molar-refractivity contribution in [1.29, 1.82) is 0 Å². The predicted octanol–water partition coefficient (Wildman–Crippen LogP) is 3.66. The molecule has 0 saturated heterocycles. The summed E-state index contributed by atoms with van der Waals surface area (Å²) >= 11 is 0. The summed E-state index contributed by atoms with van der Waals surface area (Å²) in [6.45, 7) is 4.88. The van der Waals surface area contributed by atoms with Gasteiger partial charge in [0.25, 0.3) is 0 Å². The van der Waals surface area contributed by atoms with E-state index >= 15 is 0 Å². The Balaban J connectivity index is 0.00000392. The van der Waals surface area contributed by atoms with Gasteiger partial charge in [0.15, 0.2) is 5.96 Å². The number of guanidine groups is 1. The number of carbonyl (C=O) groups excluding carboxylic acids is 1. The molecule has 0 bridgehead atoms. The van der Waals surface area contributed by atoms with Gasteiger partial charge in [-0.05, 0) is 60.7 Å². The zero-order valence-electron chi connectivity index (χ0n) is 16.5. The highest BCUT2D eigenvalue weighted by molar-refractivity contribution is 14.0. The summed E-state index contributed by atoms with van der Waals surface area (Å²) in [5, 5.41) is 9.31. The monoisotopic (exact) mass is 498 g/mol. The molecular formula is C21H28FIN4O. The number of anilines is 1. The molecule has 2 aromatic carbocycles. The van der Waals surface area contributed by atoms with E-state index in [-0.39, 0.29) is 35.7 Å². The van der Waals surface area contributed by atoms with Crippen LogP contribution in [0.2, 0.25) is 0 Å². The smallest absolute Gasteiger partial charge is 0.221 e. The van der Waals surface area contributed by atoms with E-state index < -0.39 is 0 Å². The maximum absolute atomic E-state index is 13.1. The number of hydrogen-bond donors (Lipinski definition) is 3. The first kappa shape index (κ1) is 23.9. The first-order valence-electron chi connectivity index (χ1n) is 9.04. The fourth-order valence-electron chi connectivity index (χ4n) is 2.76. The van der Waals surface area contributed by atoms with E-state index in [9.17, 15) is 9.18 Å². The van der Waals surface area contributed by atoms with Crippen LogP contribution in [0.5, 0.6) is 0 Å². The molecular weight excluding hydrogens is 470 g/mol. The Morgan fingerprint density at radius 1 is 1.04 bits per heavy atom. The first-order chi connectivity index (χ1) is 13.0. The minimum absolute atomic E-state index is 0. The second-order valence-corrected chi connectivity index (χ2v) is 6.37. The van der Waals surface area contributed by atoms with Crippen molar-refractivity contribution in [3.05, 3.63) is 65.0 Å². The summed E-state index contributed by atoms with van der Waals surface area (Å²) in [7, 11) is 1.74. The van der Waals surface area contributed by atoms with Gasteiger partial charge in [-0.25, -0.2) is 4.39 Å². The van der Waals surface area contributed by atoms with Crippen LogP contribution in [0.15, 0.2) is 47.5 Å². The molecule has 0 atom stereocenters. The molecule has 28 heavy (non-hydrogen) atoms. The van der Waals surface area contributed by atoms with Crippen molar-refractivity contribution in [1.82, 2.24) is 10.6 Å². The zero-order chi connectivity index (χ0) is 19.6. The van der Waals surface area contributed by atoms with Crippen LogP contribution < -0.4 is 16.0 Å². The number of carbonyl (C=O) groups is 1. The number of aryl methyl sites for hydroxylation is 1. The average Bonchev–Trinajstić information content (AvgIpc) is 2.63. The Kier molecular flexibility index (Phi) is 10.5. The second kappa shape index (κ2) is 12.3. The predicted molar refractivity (Wildman–Crippen MR) is 124 cm³/mol. The van der Waals surface area contributed by atoms with Crippen LogP contribution in [-0.2, 0) is 17.6 Å². The third-order valence-electron chi connectivity index (χ3n) is 4.20. The van der Waals surface area contributed by atoms with Crippen LogP contribution in [0.4, 0.5) is 10.1 Å². The van der Waals surface area contributed by atoms with Gasteiger partial charge >= 0.3 is 0 Å². The highest BCUT2D eigenvalue weighted by Crippen LogP contribution is 2.11. The number of amides is 1. The molecule has 2 rings (SSSR count). The number of hydrogen-bond acceptors (Lipinski definition) is 2. The van der Waals surface area contributed by atoms with Crippen molar-refractivity contribution in [2.45, 2.75) is 26.7 Å². The van der Waals surface area contributed by atoms with Gasteiger partial charge in [0, 0.05) is 32.7 Å². The van der Waals surface area contributed by atoms with Crippen LogP contribution in [0.1, 0.15) is 23.6 Å². The molecule has 152 valence electrons. The van der Waals surface area contributed by atoms with E-state index in [0.717, 1.165) is 48.7 Å². The Morgan fingerprint density at radius 3 is 2.25 bits per heavy atom. The topological polar surface area (TPSA) is 65.5 Å². The van der Waals surface area contributed by atoms with Gasteiger partial charge in [-0.1, -0.05) is 18.2 Å². The fourth-order valence-corrected chi connectivity index (χ4v) is 2.76. The standard InChI is InChI=1S/C21H27FN4O.HI/c1-15-14-19(22)7-6-18(15)11-13-25-21(23-3)24-12-10-17-4-8-20(9-5-17)26-16(2)27;/h4-9,14H,10-13H2,1-3H3,(H,26,27)(H2,23,24,25);1H. The Hall–Kier alpha value is -2.16. The van der Waals surface area contributed by atoms with E-state index in [2.05, 4.69) is 20.9 Å². The van der Waals surface area contributed by atoms with Crippen molar-refractivity contribution in [3.63, 3.8) is 0 Å². The number of rotatable bonds is 7. The highest BCUT2D eigenvalue weighted by Gasteiger charge is 2.02. The number of nitrogens with zero attached hydrogens (tertiary/aromatic N) is 1. The molecule has 0 unspecified atom stereocenters. The first-order valence-corrected chi connectivity index (χ1v) is 9.04. The van der Waals surface area contributed by atoms with Gasteiger partial charge in [-0.2, -0.15) is 0 Å². The lowest BCUT2D eigenvalue weighted by molar-refractivity contribution is -0.114. The molecule has 5 nitrogen and oxygen atoms in total. The van der Waals surface area contributed by atoms with Gasteiger partial charge < -0.3 is 16.0 Å². The largest absolute Gasteiger partial charge is 0.356 e. The van der Waals surface area contributed by atoms with Gasteiger partial charge in [-0.15, -0.1) is 24.0 Å². The summed E-state index contributed by atoms with van der Waals surface area (Å²) in [4.78, 5) is 15.3. The number of benzene rings is 2. The molecule has 0 aliphatic rings. The molecule has 0 saturated carbocycles. The quantitative estimate of drug-likeness (QED) is 0.310.